The van der Waals surface area contributed by atoms with E-state index in [0.717, 1.165) is 0 Å². The van der Waals surface area contributed by atoms with Gasteiger partial charge in [-0.15, -0.1) is 0 Å². The second-order valence-electron chi connectivity index (χ2n) is 5.14. The molecule has 0 aromatic rings. The molecule has 0 aliphatic heterocycles. The van der Waals surface area contributed by atoms with Crippen molar-refractivity contribution in [3.8, 4) is 0 Å². The molecule has 3 unspecified atom stereocenters. The average Bonchev–Trinajstić information content (AvgIpc) is 2.59. The van der Waals surface area contributed by atoms with Gasteiger partial charge in [-0.25, -0.2) is 4.79 Å². The SMILES string of the molecule is NC(CO)C(=O)NC(CO)C(=O)NCC(=O)NC(CCC(=O)O)C(=O)O. The molecule has 0 aromatic carbocycles. The third-order valence-electron chi connectivity index (χ3n) is 3.05. The largest absolute Gasteiger partial charge is 0.481 e. The highest BCUT2D eigenvalue weighted by atomic mass is 16.4. The van der Waals surface area contributed by atoms with E-state index in [4.69, 9.17) is 26.2 Å². The lowest BCUT2D eigenvalue weighted by Crippen LogP contribution is -2.55. The summed E-state index contributed by atoms with van der Waals surface area (Å²) in [5.41, 5.74) is 5.24. The Morgan fingerprint density at radius 2 is 1.50 bits per heavy atom. The first kappa shape index (κ1) is 23.2. The molecule has 0 radical (unpaired) electrons. The molecule has 0 fully saturated rings. The quantitative estimate of drug-likeness (QED) is 0.162. The first-order valence-electron chi connectivity index (χ1n) is 7.41. The number of carboxylic acid groups (broad SMARTS) is 2. The minimum Gasteiger partial charge on any atom is -0.481 e. The summed E-state index contributed by atoms with van der Waals surface area (Å²) < 4.78 is 0. The van der Waals surface area contributed by atoms with Gasteiger partial charge in [0.15, 0.2) is 0 Å². The highest BCUT2D eigenvalue weighted by molar-refractivity contribution is 5.92. The molecule has 0 aliphatic rings. The van der Waals surface area contributed by atoms with E-state index in [9.17, 15) is 24.0 Å². The summed E-state index contributed by atoms with van der Waals surface area (Å²) in [4.78, 5) is 56.3. The molecule has 26 heavy (non-hydrogen) atoms. The summed E-state index contributed by atoms with van der Waals surface area (Å²) in [6, 6.07) is -4.19. The van der Waals surface area contributed by atoms with E-state index in [-0.39, 0.29) is 6.42 Å². The first-order valence-corrected chi connectivity index (χ1v) is 7.41. The van der Waals surface area contributed by atoms with E-state index < -0.39 is 74.0 Å². The second-order valence-corrected chi connectivity index (χ2v) is 5.14. The van der Waals surface area contributed by atoms with Crippen molar-refractivity contribution in [2.75, 3.05) is 19.8 Å². The summed E-state index contributed by atoms with van der Waals surface area (Å²) >= 11 is 0. The topological polar surface area (TPSA) is 228 Å². The fourth-order valence-corrected chi connectivity index (χ4v) is 1.62. The lowest BCUT2D eigenvalue weighted by molar-refractivity contribution is -0.143. The number of hydrogen-bond acceptors (Lipinski definition) is 8. The van der Waals surface area contributed by atoms with Crippen molar-refractivity contribution < 1.29 is 44.4 Å². The molecular formula is C13H22N4O9. The van der Waals surface area contributed by atoms with Gasteiger partial charge in [0, 0.05) is 6.42 Å². The third kappa shape index (κ3) is 8.91. The minimum absolute atomic E-state index is 0.348. The van der Waals surface area contributed by atoms with Crippen LogP contribution in [0.5, 0.6) is 0 Å². The van der Waals surface area contributed by atoms with Gasteiger partial charge in [0.05, 0.1) is 19.8 Å². The Balaban J connectivity index is 4.52. The molecule has 3 amide bonds. The molecule has 148 valence electrons. The first-order chi connectivity index (χ1) is 12.1. The van der Waals surface area contributed by atoms with Gasteiger partial charge in [-0.3, -0.25) is 19.2 Å². The average molecular weight is 378 g/mol. The van der Waals surface area contributed by atoms with Crippen LogP contribution >= 0.6 is 0 Å². The molecular weight excluding hydrogens is 356 g/mol. The Hall–Kier alpha value is -2.77. The predicted octanol–water partition coefficient (Wildman–Crippen LogP) is -4.67. The molecule has 3 atom stereocenters. The molecule has 0 heterocycles. The molecule has 0 rings (SSSR count). The van der Waals surface area contributed by atoms with Crippen molar-refractivity contribution in [3.05, 3.63) is 0 Å². The van der Waals surface area contributed by atoms with E-state index in [2.05, 4.69) is 10.6 Å². The number of nitrogens with two attached hydrogens (primary N) is 1. The van der Waals surface area contributed by atoms with Gasteiger partial charge in [-0.2, -0.15) is 0 Å². The van der Waals surface area contributed by atoms with Gasteiger partial charge < -0.3 is 42.1 Å². The maximum atomic E-state index is 11.8. The van der Waals surface area contributed by atoms with Crippen LogP contribution in [0.2, 0.25) is 0 Å². The summed E-state index contributed by atoms with van der Waals surface area (Å²) in [7, 11) is 0. The van der Waals surface area contributed by atoms with Crippen LogP contribution in [0.15, 0.2) is 0 Å². The number of rotatable bonds is 12. The Kier molecular flexibility index (Phi) is 10.5. The van der Waals surface area contributed by atoms with Gasteiger partial charge in [0.1, 0.15) is 18.1 Å². The Labute approximate surface area is 147 Å². The number of amides is 3. The van der Waals surface area contributed by atoms with Crippen molar-refractivity contribution in [3.63, 3.8) is 0 Å². The smallest absolute Gasteiger partial charge is 0.326 e. The summed E-state index contributed by atoms with van der Waals surface area (Å²) in [5, 5.41) is 41.4. The fourth-order valence-electron chi connectivity index (χ4n) is 1.62. The molecule has 0 bridgehead atoms. The molecule has 9 N–H and O–H groups in total. The summed E-state index contributed by atoms with van der Waals surface area (Å²) in [6.45, 7) is -2.16. The van der Waals surface area contributed by atoms with E-state index >= 15 is 0 Å². The lowest BCUT2D eigenvalue weighted by Gasteiger charge is -2.18. The molecule has 0 aliphatic carbocycles. The molecule has 0 aromatic heterocycles. The monoisotopic (exact) mass is 378 g/mol. The highest BCUT2D eigenvalue weighted by Gasteiger charge is 2.24. The van der Waals surface area contributed by atoms with Gasteiger partial charge in [0.25, 0.3) is 0 Å². The van der Waals surface area contributed by atoms with Crippen molar-refractivity contribution in [1.82, 2.24) is 16.0 Å². The number of aliphatic hydroxyl groups excluding tert-OH is 2. The fraction of sp³-hybridized carbons (Fsp3) is 0.615. The van der Waals surface area contributed by atoms with Crippen molar-refractivity contribution in [1.29, 1.82) is 0 Å². The van der Waals surface area contributed by atoms with Crippen LogP contribution in [-0.4, -0.2) is 88.0 Å². The standard InChI is InChI=1S/C13H22N4O9/c14-6(4-18)11(23)17-8(5-19)12(24)15-3-9(20)16-7(13(25)26)1-2-10(21)22/h6-8,18-19H,1-5,14H2,(H,15,24)(H,16,20)(H,17,23)(H,21,22)(H,25,26). The van der Waals surface area contributed by atoms with Gasteiger partial charge in [-0.05, 0) is 6.42 Å². The van der Waals surface area contributed by atoms with Crippen LogP contribution in [0.1, 0.15) is 12.8 Å². The summed E-state index contributed by atoms with van der Waals surface area (Å²) in [5.74, 6) is -5.43. The van der Waals surface area contributed by atoms with Gasteiger partial charge >= 0.3 is 11.9 Å². The van der Waals surface area contributed by atoms with E-state index in [0.29, 0.717) is 0 Å². The van der Waals surface area contributed by atoms with Gasteiger partial charge in [0.2, 0.25) is 17.7 Å². The summed E-state index contributed by atoms with van der Waals surface area (Å²) in [6.07, 6.45) is -0.827. The minimum atomic E-state index is -1.45. The zero-order valence-corrected chi connectivity index (χ0v) is 13.7. The normalized spacial score (nSPS) is 13.8. The van der Waals surface area contributed by atoms with E-state index in [1.54, 1.807) is 0 Å². The lowest BCUT2D eigenvalue weighted by atomic mass is 10.1. The highest BCUT2D eigenvalue weighted by Crippen LogP contribution is 1.98. The maximum absolute atomic E-state index is 11.8. The number of carbonyl (C=O) groups is 5. The van der Waals surface area contributed by atoms with Crippen LogP contribution in [0.3, 0.4) is 0 Å². The van der Waals surface area contributed by atoms with Crippen LogP contribution in [0, 0.1) is 0 Å². The number of aliphatic carboxylic acids is 2. The van der Waals surface area contributed by atoms with Crippen molar-refractivity contribution in [2.45, 2.75) is 31.0 Å². The van der Waals surface area contributed by atoms with Crippen LogP contribution in [0.25, 0.3) is 0 Å². The second kappa shape index (κ2) is 11.7. The molecule has 13 nitrogen and oxygen atoms in total. The Bertz CT molecular complexity index is 540. The Morgan fingerprint density at radius 1 is 0.885 bits per heavy atom. The number of carbonyl (C=O) groups excluding carboxylic acids is 3. The molecule has 0 spiro atoms. The van der Waals surface area contributed by atoms with Crippen LogP contribution in [0.4, 0.5) is 0 Å². The maximum Gasteiger partial charge on any atom is 0.326 e. The van der Waals surface area contributed by atoms with Gasteiger partial charge in [-0.1, -0.05) is 0 Å². The van der Waals surface area contributed by atoms with E-state index in [1.165, 1.54) is 0 Å². The number of carboxylic acids is 2. The predicted molar refractivity (Wildman–Crippen MR) is 83.5 cm³/mol. The van der Waals surface area contributed by atoms with Crippen LogP contribution < -0.4 is 21.7 Å². The third-order valence-corrected chi connectivity index (χ3v) is 3.05. The zero-order chi connectivity index (χ0) is 20.3. The van der Waals surface area contributed by atoms with E-state index in [1.807, 2.05) is 5.32 Å². The zero-order valence-electron chi connectivity index (χ0n) is 13.7. The number of nitrogens with one attached hydrogen (secondary N) is 3. The number of hydrogen-bond donors (Lipinski definition) is 8. The molecule has 13 heteroatoms. The Morgan fingerprint density at radius 3 is 1.96 bits per heavy atom. The van der Waals surface area contributed by atoms with Crippen LogP contribution in [-0.2, 0) is 24.0 Å². The number of aliphatic hydroxyl groups is 2. The molecule has 0 saturated heterocycles. The van der Waals surface area contributed by atoms with Crippen molar-refractivity contribution >= 4 is 29.7 Å². The molecule has 0 saturated carbocycles. The van der Waals surface area contributed by atoms with Crippen molar-refractivity contribution in [2.24, 2.45) is 5.73 Å².